The van der Waals surface area contributed by atoms with Gasteiger partial charge < -0.3 is 14.7 Å². The van der Waals surface area contributed by atoms with Crippen molar-refractivity contribution in [3.8, 4) is 5.69 Å². The van der Waals surface area contributed by atoms with Gasteiger partial charge in [-0.1, -0.05) is 17.7 Å². The minimum absolute atomic E-state index is 0.0626. The number of nitrogens with zero attached hydrogens (tertiary/aromatic N) is 7. The predicted octanol–water partition coefficient (Wildman–Crippen LogP) is 3.10. The van der Waals surface area contributed by atoms with Gasteiger partial charge in [-0.2, -0.15) is 0 Å². The molecule has 2 aromatic heterocycles. The lowest BCUT2D eigenvalue weighted by atomic mass is 9.95. The van der Waals surface area contributed by atoms with Crippen LogP contribution in [-0.2, 0) is 17.9 Å². The van der Waals surface area contributed by atoms with Gasteiger partial charge in [0, 0.05) is 36.8 Å². The van der Waals surface area contributed by atoms with Crippen LogP contribution in [0.4, 0.5) is 5.82 Å². The molecule has 3 aromatic rings. The van der Waals surface area contributed by atoms with Gasteiger partial charge in [-0.05, 0) is 62.8 Å². The van der Waals surface area contributed by atoms with Crippen LogP contribution in [0.15, 0.2) is 42.6 Å². The Balaban J connectivity index is 1.45. The average Bonchev–Trinajstić information content (AvgIpc) is 3.15. The fourth-order valence-electron chi connectivity index (χ4n) is 4.75. The van der Waals surface area contributed by atoms with Crippen molar-refractivity contribution in [1.82, 2.24) is 29.5 Å². The Kier molecular flexibility index (Phi) is 6.03. The number of piperidine rings is 1. The van der Waals surface area contributed by atoms with Crippen molar-refractivity contribution in [1.29, 1.82) is 0 Å². The zero-order chi connectivity index (χ0) is 22.9. The van der Waals surface area contributed by atoms with E-state index in [0.717, 1.165) is 54.6 Å². The Bertz CT molecular complexity index is 1140. The second-order valence-corrected chi connectivity index (χ2v) is 9.46. The molecule has 172 valence electrons. The summed E-state index contributed by atoms with van der Waals surface area (Å²) in [6.07, 6.45) is 3.78. The fourth-order valence-corrected chi connectivity index (χ4v) is 4.94. The maximum absolute atomic E-state index is 12.9. The summed E-state index contributed by atoms with van der Waals surface area (Å²) in [6, 6.07) is 11.9. The number of aromatic nitrogens is 4. The van der Waals surface area contributed by atoms with E-state index in [4.69, 9.17) is 11.6 Å². The minimum atomic E-state index is 0.0626. The Morgan fingerprint density at radius 1 is 1.12 bits per heavy atom. The summed E-state index contributed by atoms with van der Waals surface area (Å²) in [7, 11) is 3.80. The third-order valence-electron chi connectivity index (χ3n) is 6.37. The number of benzene rings is 1. The van der Waals surface area contributed by atoms with Gasteiger partial charge in [0.05, 0.1) is 18.8 Å². The van der Waals surface area contributed by atoms with Crippen LogP contribution in [0.2, 0.25) is 5.02 Å². The lowest BCUT2D eigenvalue weighted by molar-refractivity contribution is -0.133. The highest BCUT2D eigenvalue weighted by Gasteiger charge is 2.31. The monoisotopic (exact) mass is 465 g/mol. The molecule has 0 spiro atoms. The van der Waals surface area contributed by atoms with Crippen LogP contribution in [0.25, 0.3) is 5.69 Å². The molecule has 0 N–H and O–H groups in total. The maximum Gasteiger partial charge on any atom is 0.237 e. The molecule has 0 atom stereocenters. The highest BCUT2D eigenvalue weighted by Crippen LogP contribution is 2.34. The van der Waals surface area contributed by atoms with E-state index < -0.39 is 0 Å². The second kappa shape index (κ2) is 9.11. The SMILES string of the molecule is CN(C)CC(=O)N1Cc2cc(Cl)ccc2-n2c(nnc2C2CCN(c3ccccn3)CC2)C1. The Labute approximate surface area is 198 Å². The quantitative estimate of drug-likeness (QED) is 0.589. The fraction of sp³-hybridized carbons (Fsp3) is 0.417. The standard InChI is InChI=1S/C24H28ClN7O/c1-29(2)16-23(33)31-14-18-13-19(25)6-7-20(18)32-22(15-31)27-28-24(32)17-8-11-30(12-9-17)21-5-3-4-10-26-21/h3-7,10,13,17H,8-9,11-12,14-16H2,1-2H3. The van der Waals surface area contributed by atoms with Gasteiger partial charge in [-0.25, -0.2) is 4.98 Å². The first kappa shape index (κ1) is 21.9. The summed E-state index contributed by atoms with van der Waals surface area (Å²) in [5.41, 5.74) is 2.03. The molecule has 0 saturated carbocycles. The lowest BCUT2D eigenvalue weighted by Crippen LogP contribution is -2.36. The van der Waals surface area contributed by atoms with Crippen molar-refractivity contribution in [3.63, 3.8) is 0 Å². The van der Waals surface area contributed by atoms with Gasteiger partial charge in [-0.15, -0.1) is 10.2 Å². The molecular weight excluding hydrogens is 438 g/mol. The molecule has 1 amide bonds. The molecule has 2 aliphatic rings. The van der Waals surface area contributed by atoms with Gasteiger partial charge in [0.15, 0.2) is 5.82 Å². The number of amides is 1. The summed E-state index contributed by atoms with van der Waals surface area (Å²) < 4.78 is 2.16. The molecule has 0 unspecified atom stereocenters. The van der Waals surface area contributed by atoms with Crippen molar-refractivity contribution in [2.75, 3.05) is 38.6 Å². The summed E-state index contributed by atoms with van der Waals surface area (Å²) in [4.78, 5) is 23.5. The van der Waals surface area contributed by atoms with Crippen LogP contribution in [0.3, 0.4) is 0 Å². The number of hydrogen-bond acceptors (Lipinski definition) is 6. The molecule has 8 nitrogen and oxygen atoms in total. The lowest BCUT2D eigenvalue weighted by Gasteiger charge is -2.32. The molecule has 0 aliphatic carbocycles. The van der Waals surface area contributed by atoms with E-state index in [1.165, 1.54) is 0 Å². The average molecular weight is 466 g/mol. The van der Waals surface area contributed by atoms with Crippen molar-refractivity contribution in [2.45, 2.75) is 31.8 Å². The summed E-state index contributed by atoms with van der Waals surface area (Å²) in [5.74, 6) is 3.14. The van der Waals surface area contributed by atoms with E-state index in [0.29, 0.717) is 30.6 Å². The molecular formula is C24H28ClN7O. The summed E-state index contributed by atoms with van der Waals surface area (Å²) >= 11 is 6.34. The van der Waals surface area contributed by atoms with E-state index in [9.17, 15) is 4.79 Å². The molecule has 9 heteroatoms. The first-order valence-corrected chi connectivity index (χ1v) is 11.7. The number of anilines is 1. The second-order valence-electron chi connectivity index (χ2n) is 9.02. The van der Waals surface area contributed by atoms with Gasteiger partial charge in [0.2, 0.25) is 5.91 Å². The van der Waals surface area contributed by atoms with Crippen molar-refractivity contribution in [2.24, 2.45) is 0 Å². The van der Waals surface area contributed by atoms with E-state index in [2.05, 4.69) is 30.7 Å². The number of carbonyl (C=O) groups excluding carboxylic acids is 1. The highest BCUT2D eigenvalue weighted by atomic mass is 35.5. The largest absolute Gasteiger partial charge is 0.357 e. The van der Waals surface area contributed by atoms with Gasteiger partial charge >= 0.3 is 0 Å². The van der Waals surface area contributed by atoms with Crippen molar-refractivity contribution >= 4 is 23.3 Å². The Hall–Kier alpha value is -2.97. The number of hydrogen-bond donors (Lipinski definition) is 0. The van der Waals surface area contributed by atoms with Crippen LogP contribution in [0.5, 0.6) is 0 Å². The van der Waals surface area contributed by atoms with Gasteiger partial charge in [0.25, 0.3) is 0 Å². The van der Waals surface area contributed by atoms with Crippen molar-refractivity contribution < 1.29 is 4.79 Å². The molecule has 0 radical (unpaired) electrons. The first-order chi connectivity index (χ1) is 16.0. The zero-order valence-corrected chi connectivity index (χ0v) is 19.7. The number of halogens is 1. The normalized spacial score (nSPS) is 16.5. The molecule has 4 heterocycles. The van der Waals surface area contributed by atoms with E-state index in [-0.39, 0.29) is 5.91 Å². The molecule has 1 fully saturated rings. The third kappa shape index (κ3) is 4.45. The topological polar surface area (TPSA) is 70.4 Å². The maximum atomic E-state index is 12.9. The van der Waals surface area contributed by atoms with E-state index in [1.54, 1.807) is 0 Å². The summed E-state index contributed by atoms with van der Waals surface area (Å²) in [5, 5.41) is 9.85. The van der Waals surface area contributed by atoms with Crippen LogP contribution < -0.4 is 4.90 Å². The number of carbonyl (C=O) groups is 1. The van der Waals surface area contributed by atoms with Crippen LogP contribution in [0.1, 0.15) is 36.0 Å². The highest BCUT2D eigenvalue weighted by molar-refractivity contribution is 6.30. The van der Waals surface area contributed by atoms with Gasteiger partial charge in [-0.3, -0.25) is 9.36 Å². The molecule has 1 saturated heterocycles. The Morgan fingerprint density at radius 2 is 1.94 bits per heavy atom. The summed E-state index contributed by atoms with van der Waals surface area (Å²) in [6.45, 7) is 3.13. The van der Waals surface area contributed by atoms with Crippen molar-refractivity contribution in [3.05, 3.63) is 64.8 Å². The van der Waals surface area contributed by atoms with Gasteiger partial charge in [0.1, 0.15) is 11.6 Å². The molecule has 5 rings (SSSR count). The van der Waals surface area contributed by atoms with Crippen LogP contribution in [-0.4, -0.2) is 69.2 Å². The first-order valence-electron chi connectivity index (χ1n) is 11.3. The number of rotatable bonds is 4. The van der Waals surface area contributed by atoms with Crippen LogP contribution in [0, 0.1) is 0 Å². The number of fused-ring (bicyclic) bond motifs is 3. The smallest absolute Gasteiger partial charge is 0.237 e. The number of likely N-dealkylation sites (N-methyl/N-ethyl adjacent to an activating group) is 1. The van der Waals surface area contributed by atoms with Crippen LogP contribution >= 0.6 is 11.6 Å². The molecule has 0 bridgehead atoms. The van der Waals surface area contributed by atoms with E-state index in [1.807, 2.05) is 60.4 Å². The zero-order valence-electron chi connectivity index (χ0n) is 19.0. The van der Waals surface area contributed by atoms with E-state index >= 15 is 0 Å². The minimum Gasteiger partial charge on any atom is -0.357 e. The molecule has 2 aliphatic heterocycles. The third-order valence-corrected chi connectivity index (χ3v) is 6.60. The Morgan fingerprint density at radius 3 is 2.67 bits per heavy atom. The molecule has 1 aromatic carbocycles. The predicted molar refractivity (Wildman–Crippen MR) is 128 cm³/mol. The number of pyridine rings is 1. The molecule has 33 heavy (non-hydrogen) atoms.